The summed E-state index contributed by atoms with van der Waals surface area (Å²) in [6.45, 7) is 3.98. The molecule has 2 aliphatic rings. The Labute approximate surface area is 138 Å². The van der Waals surface area contributed by atoms with Crippen LogP contribution in [0.3, 0.4) is 0 Å². The number of hydrogen-bond donors (Lipinski definition) is 1. The van der Waals surface area contributed by atoms with Crippen molar-refractivity contribution in [2.45, 2.75) is 51.5 Å². The molecule has 0 saturated carbocycles. The molecule has 1 saturated heterocycles. The smallest absolute Gasteiger partial charge is 0.220 e. The van der Waals surface area contributed by atoms with Crippen LogP contribution in [0.15, 0.2) is 24.5 Å². The molecule has 1 aliphatic carbocycles. The van der Waals surface area contributed by atoms with E-state index in [2.05, 4.69) is 45.3 Å². The van der Waals surface area contributed by atoms with Gasteiger partial charge in [-0.05, 0) is 38.0 Å². The normalized spacial score (nSPS) is 21.6. The quantitative estimate of drug-likeness (QED) is 0.848. The second-order valence-corrected chi connectivity index (χ2v) is 6.52. The fourth-order valence-corrected chi connectivity index (χ4v) is 3.39. The maximum absolute atomic E-state index is 12.1. The minimum atomic E-state index is 0.204. The third-order valence-electron chi connectivity index (χ3n) is 4.82. The lowest BCUT2D eigenvalue weighted by molar-refractivity contribution is -0.122. The summed E-state index contributed by atoms with van der Waals surface area (Å²) >= 11 is 0. The molecule has 1 aliphatic heterocycles. The molecule has 0 radical (unpaired) electrons. The van der Waals surface area contributed by atoms with Crippen LogP contribution in [0.4, 0.5) is 5.82 Å². The Hall–Kier alpha value is -1.91. The van der Waals surface area contributed by atoms with E-state index in [0.29, 0.717) is 18.4 Å². The number of hydrogen-bond acceptors (Lipinski definition) is 4. The third kappa shape index (κ3) is 4.30. The Morgan fingerprint density at radius 2 is 2.13 bits per heavy atom. The molecule has 23 heavy (non-hydrogen) atoms. The van der Waals surface area contributed by atoms with E-state index in [9.17, 15) is 4.79 Å². The number of nitrogens with zero attached hydrogens (tertiary/aromatic N) is 3. The van der Waals surface area contributed by atoms with Crippen molar-refractivity contribution in [2.75, 3.05) is 18.0 Å². The number of piperidine rings is 1. The van der Waals surface area contributed by atoms with Crippen molar-refractivity contribution in [3.63, 3.8) is 0 Å². The monoisotopic (exact) mass is 314 g/mol. The number of anilines is 1. The Balaban J connectivity index is 1.46. The third-order valence-corrected chi connectivity index (χ3v) is 4.82. The van der Waals surface area contributed by atoms with Gasteiger partial charge in [0, 0.05) is 37.3 Å². The first kappa shape index (κ1) is 16.0. The van der Waals surface area contributed by atoms with Gasteiger partial charge in [0.25, 0.3) is 0 Å². The summed E-state index contributed by atoms with van der Waals surface area (Å²) in [6.07, 6.45) is 11.8. The topological polar surface area (TPSA) is 58.1 Å². The molecule has 0 spiro atoms. The van der Waals surface area contributed by atoms with Gasteiger partial charge in [0.15, 0.2) is 0 Å². The van der Waals surface area contributed by atoms with E-state index in [1.807, 2.05) is 0 Å². The SMILES string of the molecule is CCc1cc(N2CCC(NC(=O)CC3C=CCC3)CC2)ncn1. The zero-order valence-corrected chi connectivity index (χ0v) is 13.9. The Morgan fingerprint density at radius 3 is 2.83 bits per heavy atom. The zero-order chi connectivity index (χ0) is 16.1. The minimum absolute atomic E-state index is 0.204. The number of aromatic nitrogens is 2. The second-order valence-electron chi connectivity index (χ2n) is 6.52. The highest BCUT2D eigenvalue weighted by Crippen LogP contribution is 2.21. The van der Waals surface area contributed by atoms with E-state index in [4.69, 9.17) is 0 Å². The molecule has 5 heteroatoms. The van der Waals surface area contributed by atoms with Gasteiger partial charge in [-0.3, -0.25) is 4.79 Å². The number of aryl methyl sites for hydroxylation is 1. The summed E-state index contributed by atoms with van der Waals surface area (Å²) in [5.41, 5.74) is 1.08. The van der Waals surface area contributed by atoms with E-state index in [-0.39, 0.29) is 5.91 Å². The number of carbonyl (C=O) groups excluding carboxylic acids is 1. The van der Waals surface area contributed by atoms with Crippen LogP contribution >= 0.6 is 0 Å². The first-order chi connectivity index (χ1) is 11.2. The number of rotatable bonds is 5. The van der Waals surface area contributed by atoms with Crippen molar-refractivity contribution in [1.29, 1.82) is 0 Å². The number of nitrogens with one attached hydrogen (secondary N) is 1. The second kappa shape index (κ2) is 7.57. The summed E-state index contributed by atoms with van der Waals surface area (Å²) in [7, 11) is 0. The van der Waals surface area contributed by atoms with Gasteiger partial charge in [-0.15, -0.1) is 0 Å². The molecule has 1 unspecified atom stereocenters. The molecular formula is C18H26N4O. The summed E-state index contributed by atoms with van der Waals surface area (Å²) in [5.74, 6) is 1.66. The lowest BCUT2D eigenvalue weighted by Crippen LogP contribution is -2.45. The van der Waals surface area contributed by atoms with Crippen LogP contribution in [-0.2, 0) is 11.2 Å². The molecule has 3 rings (SSSR count). The van der Waals surface area contributed by atoms with E-state index < -0.39 is 0 Å². The first-order valence-electron chi connectivity index (χ1n) is 8.76. The predicted molar refractivity (Wildman–Crippen MR) is 91.3 cm³/mol. The predicted octanol–water partition coefficient (Wildman–Crippen LogP) is 2.48. The van der Waals surface area contributed by atoms with Crippen molar-refractivity contribution in [2.24, 2.45) is 5.92 Å². The Morgan fingerprint density at radius 1 is 1.30 bits per heavy atom. The zero-order valence-electron chi connectivity index (χ0n) is 13.9. The molecule has 2 heterocycles. The molecule has 1 atom stereocenters. The highest BCUT2D eigenvalue weighted by Gasteiger charge is 2.23. The molecule has 1 amide bonds. The summed E-state index contributed by atoms with van der Waals surface area (Å²) in [6, 6.07) is 2.38. The summed E-state index contributed by atoms with van der Waals surface area (Å²) in [4.78, 5) is 23.1. The molecule has 0 aromatic carbocycles. The van der Waals surface area contributed by atoms with Gasteiger partial charge >= 0.3 is 0 Å². The fraction of sp³-hybridized carbons (Fsp3) is 0.611. The van der Waals surface area contributed by atoms with Crippen molar-refractivity contribution in [3.8, 4) is 0 Å². The Bertz CT molecular complexity index is 564. The number of allylic oxidation sites excluding steroid dienone is 2. The molecular weight excluding hydrogens is 288 g/mol. The van der Waals surface area contributed by atoms with Gasteiger partial charge in [-0.2, -0.15) is 0 Å². The first-order valence-corrected chi connectivity index (χ1v) is 8.76. The van der Waals surface area contributed by atoms with Crippen molar-refractivity contribution >= 4 is 11.7 Å². The average molecular weight is 314 g/mol. The molecule has 1 aromatic rings. The van der Waals surface area contributed by atoms with Crippen molar-refractivity contribution in [1.82, 2.24) is 15.3 Å². The van der Waals surface area contributed by atoms with Gasteiger partial charge in [-0.25, -0.2) is 9.97 Å². The molecule has 5 nitrogen and oxygen atoms in total. The van der Waals surface area contributed by atoms with Crippen LogP contribution in [-0.4, -0.2) is 35.0 Å². The molecule has 0 bridgehead atoms. The minimum Gasteiger partial charge on any atom is -0.356 e. The van der Waals surface area contributed by atoms with Crippen molar-refractivity contribution in [3.05, 3.63) is 30.2 Å². The van der Waals surface area contributed by atoms with Crippen LogP contribution in [0.25, 0.3) is 0 Å². The molecule has 1 aromatic heterocycles. The van der Waals surface area contributed by atoms with Crippen LogP contribution in [0, 0.1) is 5.92 Å². The largest absolute Gasteiger partial charge is 0.356 e. The molecule has 1 fully saturated rings. The van der Waals surface area contributed by atoms with Gasteiger partial charge in [0.2, 0.25) is 5.91 Å². The van der Waals surface area contributed by atoms with Crippen molar-refractivity contribution < 1.29 is 4.79 Å². The van der Waals surface area contributed by atoms with Crippen LogP contribution in [0.1, 0.15) is 44.7 Å². The van der Waals surface area contributed by atoms with Gasteiger partial charge in [0.1, 0.15) is 12.1 Å². The van der Waals surface area contributed by atoms with E-state index in [1.54, 1.807) is 6.33 Å². The van der Waals surface area contributed by atoms with E-state index >= 15 is 0 Å². The molecule has 124 valence electrons. The summed E-state index contributed by atoms with van der Waals surface area (Å²) in [5, 5.41) is 3.21. The fourth-order valence-electron chi connectivity index (χ4n) is 3.39. The highest BCUT2D eigenvalue weighted by molar-refractivity contribution is 5.76. The lowest BCUT2D eigenvalue weighted by Gasteiger charge is -2.33. The van der Waals surface area contributed by atoms with E-state index in [1.165, 1.54) is 0 Å². The van der Waals surface area contributed by atoms with Gasteiger partial charge in [0.05, 0.1) is 0 Å². The van der Waals surface area contributed by atoms with Gasteiger partial charge < -0.3 is 10.2 Å². The lowest BCUT2D eigenvalue weighted by atomic mass is 10.0. The highest BCUT2D eigenvalue weighted by atomic mass is 16.1. The van der Waals surface area contributed by atoms with Crippen LogP contribution in [0.2, 0.25) is 0 Å². The maximum atomic E-state index is 12.1. The Kier molecular flexibility index (Phi) is 5.26. The standard InChI is InChI=1S/C18H26N4O/c1-2-15-12-17(20-13-19-15)22-9-7-16(8-10-22)21-18(23)11-14-5-3-4-6-14/h3,5,12-14,16H,2,4,6-11H2,1H3,(H,21,23). The van der Waals surface area contributed by atoms with Crippen LogP contribution < -0.4 is 10.2 Å². The summed E-state index contributed by atoms with van der Waals surface area (Å²) < 4.78 is 0. The maximum Gasteiger partial charge on any atom is 0.220 e. The average Bonchev–Trinajstić information content (AvgIpc) is 3.08. The number of carbonyl (C=O) groups is 1. The van der Waals surface area contributed by atoms with E-state index in [0.717, 1.165) is 56.7 Å². The van der Waals surface area contributed by atoms with Gasteiger partial charge in [-0.1, -0.05) is 19.1 Å². The van der Waals surface area contributed by atoms with Crippen LogP contribution in [0.5, 0.6) is 0 Å². The number of amides is 1. The molecule has 1 N–H and O–H groups in total.